The molecule has 0 rings (SSSR count). The topological polar surface area (TPSA) is 125 Å². The van der Waals surface area contributed by atoms with Crippen LogP contribution in [0.3, 0.4) is 0 Å². The fraction of sp³-hybridized carbons (Fsp3) is 0. The number of hydrogen-bond donors (Lipinski definition) is 2. The minimum atomic E-state index is -1.83. The van der Waals surface area contributed by atoms with Crippen molar-refractivity contribution >= 4 is 6.16 Å². The van der Waals surface area contributed by atoms with Crippen molar-refractivity contribution in [1.82, 2.24) is 0 Å². The molecule has 0 aromatic heterocycles. The zero-order chi connectivity index (χ0) is 3.58. The van der Waals surface area contributed by atoms with Gasteiger partial charge in [0, 0.05) is 52.4 Å². The van der Waals surface area contributed by atoms with Gasteiger partial charge in [-0.15, -0.1) is 0 Å². The van der Waals surface area contributed by atoms with Crippen LogP contribution in [0.5, 0.6) is 0 Å². The molecule has 48 valence electrons. The van der Waals surface area contributed by atoms with Gasteiger partial charge in [0.2, 0.25) is 0 Å². The van der Waals surface area contributed by atoms with Crippen molar-refractivity contribution in [2.45, 2.75) is 0 Å². The summed E-state index contributed by atoms with van der Waals surface area (Å²) in [5.74, 6) is 0. The molecule has 5 nitrogen and oxygen atoms in total. The molecule has 0 aliphatic carbocycles. The van der Waals surface area contributed by atoms with Crippen LogP contribution in [0.1, 0.15) is 0 Å². The van der Waals surface area contributed by atoms with E-state index in [0.29, 0.717) is 0 Å². The Morgan fingerprint density at radius 1 is 1.00 bits per heavy atom. The molecule has 0 radical (unpaired) electrons. The average molecular weight is 277 g/mol. The van der Waals surface area contributed by atoms with Gasteiger partial charge in [0.05, 0.1) is 0 Å². The first-order chi connectivity index (χ1) is 1.73. The molecule has 0 fully saturated rings. The Morgan fingerprint density at radius 2 is 1.00 bits per heavy atom. The molecule has 0 spiro atoms. The van der Waals surface area contributed by atoms with Gasteiger partial charge < -0.3 is 22.5 Å². The Labute approximate surface area is 85.3 Å². The van der Waals surface area contributed by atoms with Gasteiger partial charge in [-0.05, 0) is 0 Å². The van der Waals surface area contributed by atoms with Crippen molar-refractivity contribution in [1.29, 1.82) is 0 Å². The van der Waals surface area contributed by atoms with Crippen LogP contribution in [0.25, 0.3) is 12.3 Å². The maximum atomic E-state index is 8.56. The molecule has 0 aromatic carbocycles. The molecule has 7 heteroatoms. The molecule has 0 saturated heterocycles. The van der Waals surface area contributed by atoms with E-state index in [4.69, 9.17) is 15.0 Å². The summed E-state index contributed by atoms with van der Waals surface area (Å²) in [6.07, 6.45) is -1.83. The first-order valence-corrected chi connectivity index (χ1v) is 0.651. The van der Waals surface area contributed by atoms with Gasteiger partial charge in [-0.1, -0.05) is 0 Å². The number of hydrogen-bond acceptors (Lipinski definition) is 1. The Kier molecular flexibility index (Phi) is 111. The molecular weight excluding hydrogens is 270 g/mol. The van der Waals surface area contributed by atoms with Crippen molar-refractivity contribution in [3.63, 3.8) is 0 Å². The standard InChI is InChI=1S/CH2O3.2H2N.2Zr/c2-1(3)4;;;;/h(H2,2,3,4);2*1H2;;/q;2*-1;;. The van der Waals surface area contributed by atoms with E-state index in [2.05, 4.69) is 0 Å². The summed E-state index contributed by atoms with van der Waals surface area (Å²) in [5.41, 5.74) is 0. The summed E-state index contributed by atoms with van der Waals surface area (Å²) in [6.45, 7) is 0. The second-order valence-electron chi connectivity index (χ2n) is 0.283. The third-order valence-corrected chi connectivity index (χ3v) is 0. The molecule has 0 unspecified atom stereocenters. The fourth-order valence-corrected chi connectivity index (χ4v) is 0. The SMILES string of the molecule is O=C(O)O.[NH2-].[NH2-].[Zr].[Zr]. The van der Waals surface area contributed by atoms with Crippen molar-refractivity contribution in [3.05, 3.63) is 12.3 Å². The predicted octanol–water partition coefficient (Wildman–Crippen LogP) is 1.65. The van der Waals surface area contributed by atoms with Crippen molar-refractivity contribution in [2.24, 2.45) is 0 Å². The summed E-state index contributed by atoms with van der Waals surface area (Å²) < 4.78 is 0. The van der Waals surface area contributed by atoms with Crippen molar-refractivity contribution in [2.75, 3.05) is 0 Å². The van der Waals surface area contributed by atoms with Gasteiger partial charge in [0.1, 0.15) is 0 Å². The second-order valence-corrected chi connectivity index (χ2v) is 0.283. The average Bonchev–Trinajstić information content (AvgIpc) is 0.811. The number of carbonyl (C=O) groups is 1. The van der Waals surface area contributed by atoms with E-state index in [0.717, 1.165) is 0 Å². The molecule has 0 aromatic rings. The maximum Gasteiger partial charge on any atom is 0.503 e. The van der Waals surface area contributed by atoms with Gasteiger partial charge in [0.25, 0.3) is 0 Å². The van der Waals surface area contributed by atoms with E-state index in [-0.39, 0.29) is 64.7 Å². The largest absolute Gasteiger partial charge is 0.693 e. The van der Waals surface area contributed by atoms with Gasteiger partial charge in [-0.25, -0.2) is 4.79 Å². The maximum absolute atomic E-state index is 8.56. The van der Waals surface area contributed by atoms with Crippen LogP contribution < -0.4 is 0 Å². The molecule has 0 aliphatic rings. The van der Waals surface area contributed by atoms with Crippen LogP contribution in [0, 0.1) is 0 Å². The van der Waals surface area contributed by atoms with Crippen LogP contribution in [0.15, 0.2) is 0 Å². The Balaban J connectivity index is -0.00000000750. The van der Waals surface area contributed by atoms with E-state index in [1.54, 1.807) is 0 Å². The summed E-state index contributed by atoms with van der Waals surface area (Å²) in [5, 5.41) is 13.9. The van der Waals surface area contributed by atoms with Crippen LogP contribution >= 0.6 is 0 Å². The van der Waals surface area contributed by atoms with Crippen LogP contribution in [-0.2, 0) is 52.4 Å². The molecule has 0 amide bonds. The van der Waals surface area contributed by atoms with Crippen LogP contribution in [0.2, 0.25) is 0 Å². The normalized spacial score (nSPS) is 3.00. The summed E-state index contributed by atoms with van der Waals surface area (Å²) in [7, 11) is 0. The molecule has 0 atom stereocenters. The monoisotopic (exact) mass is 274 g/mol. The summed E-state index contributed by atoms with van der Waals surface area (Å²) >= 11 is 0. The van der Waals surface area contributed by atoms with E-state index < -0.39 is 6.16 Å². The van der Waals surface area contributed by atoms with Gasteiger partial charge >= 0.3 is 6.16 Å². The third-order valence-electron chi connectivity index (χ3n) is 0. The van der Waals surface area contributed by atoms with Gasteiger partial charge in [-0.3, -0.25) is 0 Å². The molecule has 0 heterocycles. The first kappa shape index (κ1) is 36.2. The van der Waals surface area contributed by atoms with Gasteiger partial charge in [-0.2, -0.15) is 0 Å². The second kappa shape index (κ2) is 24.6. The summed E-state index contributed by atoms with van der Waals surface area (Å²) in [6, 6.07) is 0. The van der Waals surface area contributed by atoms with Crippen molar-refractivity contribution < 1.29 is 67.4 Å². The minimum absolute atomic E-state index is 0. The number of carboxylic acid groups (broad SMARTS) is 2. The first-order valence-electron chi connectivity index (χ1n) is 0.651. The third kappa shape index (κ3) is 270. The van der Waals surface area contributed by atoms with E-state index in [1.807, 2.05) is 0 Å². The fourth-order valence-electron chi connectivity index (χ4n) is 0. The number of nitrogens with two attached hydrogens (primary N) is 2. The van der Waals surface area contributed by atoms with E-state index >= 15 is 0 Å². The Morgan fingerprint density at radius 3 is 1.00 bits per heavy atom. The zero-order valence-electron chi connectivity index (χ0n) is 3.96. The number of rotatable bonds is 0. The molecule has 8 heavy (non-hydrogen) atoms. The minimum Gasteiger partial charge on any atom is -0.693 e. The Hall–Kier alpha value is 0.956. The van der Waals surface area contributed by atoms with E-state index in [1.165, 1.54) is 0 Å². The molecular formula is CH6N2O3Zr2-2. The Bertz CT molecular complexity index is 38.3. The quantitative estimate of drug-likeness (QED) is 0.698. The molecule has 0 saturated carbocycles. The smallest absolute Gasteiger partial charge is 0.503 e. The zero-order valence-corrected chi connectivity index (χ0v) is 8.87. The van der Waals surface area contributed by atoms with Crippen LogP contribution in [0.4, 0.5) is 4.79 Å². The van der Waals surface area contributed by atoms with E-state index in [9.17, 15) is 0 Å². The predicted molar refractivity (Wildman–Crippen MR) is 21.2 cm³/mol. The van der Waals surface area contributed by atoms with Crippen LogP contribution in [-0.4, -0.2) is 16.4 Å². The molecule has 0 aliphatic heterocycles. The molecule has 6 N–H and O–H groups in total. The van der Waals surface area contributed by atoms with Crippen molar-refractivity contribution in [3.8, 4) is 0 Å². The molecule has 0 bridgehead atoms. The van der Waals surface area contributed by atoms with Gasteiger partial charge in [0.15, 0.2) is 0 Å². The summed E-state index contributed by atoms with van der Waals surface area (Å²) in [4.78, 5) is 8.56.